The van der Waals surface area contributed by atoms with Gasteiger partial charge in [-0.25, -0.2) is 0 Å². The van der Waals surface area contributed by atoms with Crippen molar-refractivity contribution in [3.63, 3.8) is 0 Å². The topological polar surface area (TPSA) is 37.8 Å². The standard InChI is InChI=1S/C29H35N3S/c1-19-6-10-21(11-7-19)24-16-26(31-32-27(24)22-12-8-20(2)9-13-22)33-30-18-25-28(3,4)23-14-15-29(25,5)17-23/h6-13,16,23,25,30H,14-15,17-18H2,1-5H3. The zero-order valence-corrected chi connectivity index (χ0v) is 21.3. The van der Waals surface area contributed by atoms with Gasteiger partial charge in [0.25, 0.3) is 0 Å². The maximum atomic E-state index is 4.70. The minimum absolute atomic E-state index is 0.411. The normalized spacial score (nSPS) is 25.5. The van der Waals surface area contributed by atoms with Crippen LogP contribution in [0, 0.1) is 36.5 Å². The highest BCUT2D eigenvalue weighted by atomic mass is 32.2. The molecule has 2 aliphatic rings. The molecule has 0 amide bonds. The van der Waals surface area contributed by atoms with Gasteiger partial charge in [-0.15, -0.1) is 10.2 Å². The number of nitrogens with zero attached hydrogens (tertiary/aromatic N) is 2. The van der Waals surface area contributed by atoms with E-state index in [4.69, 9.17) is 5.10 Å². The van der Waals surface area contributed by atoms with Crippen molar-refractivity contribution in [1.82, 2.24) is 14.9 Å². The summed E-state index contributed by atoms with van der Waals surface area (Å²) in [7, 11) is 0. The van der Waals surface area contributed by atoms with Crippen LogP contribution in [0.2, 0.25) is 0 Å². The molecule has 5 rings (SSSR count). The fourth-order valence-electron chi connectivity index (χ4n) is 6.42. The van der Waals surface area contributed by atoms with Gasteiger partial charge in [0, 0.05) is 17.7 Å². The van der Waals surface area contributed by atoms with Crippen molar-refractivity contribution < 1.29 is 0 Å². The van der Waals surface area contributed by atoms with Crippen molar-refractivity contribution in [1.29, 1.82) is 0 Å². The number of rotatable bonds is 6. The Hall–Kier alpha value is -2.17. The summed E-state index contributed by atoms with van der Waals surface area (Å²) >= 11 is 1.63. The van der Waals surface area contributed by atoms with Gasteiger partial charge in [-0.3, -0.25) is 4.72 Å². The van der Waals surface area contributed by atoms with Crippen LogP contribution in [0.15, 0.2) is 59.6 Å². The van der Waals surface area contributed by atoms with Crippen LogP contribution >= 0.6 is 11.9 Å². The van der Waals surface area contributed by atoms with E-state index in [9.17, 15) is 0 Å². The summed E-state index contributed by atoms with van der Waals surface area (Å²) in [6.45, 7) is 12.7. The summed E-state index contributed by atoms with van der Waals surface area (Å²) in [4.78, 5) is 0. The number of hydrogen-bond acceptors (Lipinski definition) is 4. The SMILES string of the molecule is Cc1ccc(-c2cc(SNCC3C4(C)CCC(C4)C3(C)C)nnc2-c2ccc(C)cc2)cc1. The van der Waals surface area contributed by atoms with E-state index in [1.165, 1.54) is 36.0 Å². The molecule has 33 heavy (non-hydrogen) atoms. The zero-order valence-electron chi connectivity index (χ0n) is 20.5. The second-order valence-electron chi connectivity index (χ2n) is 11.1. The van der Waals surface area contributed by atoms with Crippen molar-refractivity contribution >= 4 is 11.9 Å². The zero-order chi connectivity index (χ0) is 23.2. The summed E-state index contributed by atoms with van der Waals surface area (Å²) in [5.74, 6) is 1.58. The van der Waals surface area contributed by atoms with E-state index in [1.807, 2.05) is 0 Å². The molecule has 2 saturated carbocycles. The predicted molar refractivity (Wildman–Crippen MR) is 139 cm³/mol. The lowest BCUT2D eigenvalue weighted by atomic mass is 9.64. The van der Waals surface area contributed by atoms with E-state index in [0.717, 1.165) is 34.3 Å². The van der Waals surface area contributed by atoms with Crippen LogP contribution in [0.3, 0.4) is 0 Å². The molecule has 3 nitrogen and oxygen atoms in total. The Labute approximate surface area is 202 Å². The Morgan fingerprint density at radius 1 is 0.909 bits per heavy atom. The van der Waals surface area contributed by atoms with Crippen molar-refractivity contribution in [3.05, 3.63) is 65.7 Å². The Bertz CT molecular complexity index is 1130. The molecule has 1 heterocycles. The average Bonchev–Trinajstić information content (AvgIpc) is 3.28. The molecule has 2 bridgehead atoms. The van der Waals surface area contributed by atoms with Crippen molar-refractivity contribution in [2.24, 2.45) is 22.7 Å². The van der Waals surface area contributed by atoms with Gasteiger partial charge < -0.3 is 0 Å². The minimum atomic E-state index is 0.411. The second-order valence-corrected chi connectivity index (χ2v) is 12.0. The third-order valence-corrected chi connectivity index (χ3v) is 9.21. The lowest BCUT2D eigenvalue weighted by molar-refractivity contribution is 0.0792. The lowest BCUT2D eigenvalue weighted by Gasteiger charge is -2.42. The summed E-state index contributed by atoms with van der Waals surface area (Å²) in [6.07, 6.45) is 4.17. The van der Waals surface area contributed by atoms with Crippen LogP contribution in [0.1, 0.15) is 51.2 Å². The van der Waals surface area contributed by atoms with Gasteiger partial charge in [0.2, 0.25) is 0 Å². The van der Waals surface area contributed by atoms with Gasteiger partial charge in [0.15, 0.2) is 0 Å². The van der Waals surface area contributed by atoms with E-state index in [-0.39, 0.29) is 0 Å². The molecular formula is C29H35N3S. The Balaban J connectivity index is 1.39. The number of benzene rings is 2. The maximum absolute atomic E-state index is 4.70. The molecule has 3 aromatic rings. The quantitative estimate of drug-likeness (QED) is 0.389. The van der Waals surface area contributed by atoms with Crippen molar-refractivity contribution in [3.8, 4) is 22.4 Å². The first kappa shape index (κ1) is 22.6. The molecule has 172 valence electrons. The molecule has 2 aliphatic carbocycles. The molecule has 2 fully saturated rings. The Morgan fingerprint density at radius 3 is 2.15 bits per heavy atom. The number of nitrogens with one attached hydrogen (secondary N) is 1. The van der Waals surface area contributed by atoms with E-state index in [2.05, 4.69) is 99.0 Å². The van der Waals surface area contributed by atoms with Gasteiger partial charge in [0.05, 0.1) is 0 Å². The van der Waals surface area contributed by atoms with Crippen LogP contribution in [-0.4, -0.2) is 16.7 Å². The third kappa shape index (κ3) is 4.24. The average molecular weight is 458 g/mol. The Kier molecular flexibility index (Phi) is 5.86. The van der Waals surface area contributed by atoms with Crippen molar-refractivity contribution in [2.75, 3.05) is 6.54 Å². The fraction of sp³-hybridized carbons (Fsp3) is 0.448. The van der Waals surface area contributed by atoms with Gasteiger partial charge in [-0.05, 0) is 79.4 Å². The van der Waals surface area contributed by atoms with E-state index >= 15 is 0 Å². The highest BCUT2D eigenvalue weighted by Gasteiger charge is 2.58. The first-order valence-corrected chi connectivity index (χ1v) is 13.0. The molecule has 3 unspecified atom stereocenters. The van der Waals surface area contributed by atoms with Crippen LogP contribution in [0.4, 0.5) is 0 Å². The lowest BCUT2D eigenvalue weighted by Crippen LogP contribution is -2.40. The van der Waals surface area contributed by atoms with Gasteiger partial charge in [0.1, 0.15) is 10.7 Å². The maximum Gasteiger partial charge on any atom is 0.134 e. The molecule has 3 atom stereocenters. The molecule has 0 aliphatic heterocycles. The molecule has 1 N–H and O–H groups in total. The van der Waals surface area contributed by atoms with E-state index < -0.39 is 0 Å². The number of fused-ring (bicyclic) bond motifs is 2. The minimum Gasteiger partial charge on any atom is -0.258 e. The molecule has 4 heteroatoms. The predicted octanol–water partition coefficient (Wildman–Crippen LogP) is 7.49. The summed E-state index contributed by atoms with van der Waals surface area (Å²) in [6, 6.07) is 19.4. The molecule has 1 aromatic heterocycles. The van der Waals surface area contributed by atoms with Crippen LogP contribution in [0.5, 0.6) is 0 Å². The highest BCUT2D eigenvalue weighted by molar-refractivity contribution is 7.97. The monoisotopic (exact) mass is 457 g/mol. The number of aromatic nitrogens is 2. The van der Waals surface area contributed by atoms with Crippen molar-refractivity contribution in [2.45, 2.75) is 58.9 Å². The number of hydrogen-bond donors (Lipinski definition) is 1. The van der Waals surface area contributed by atoms with Gasteiger partial charge in [-0.1, -0.05) is 80.4 Å². The van der Waals surface area contributed by atoms with Gasteiger partial charge in [-0.2, -0.15) is 0 Å². The highest BCUT2D eigenvalue weighted by Crippen LogP contribution is 2.65. The third-order valence-electron chi connectivity index (χ3n) is 8.49. The first-order chi connectivity index (χ1) is 15.8. The largest absolute Gasteiger partial charge is 0.258 e. The number of aryl methyl sites for hydroxylation is 2. The molecule has 0 radical (unpaired) electrons. The van der Waals surface area contributed by atoms with Crippen LogP contribution in [-0.2, 0) is 0 Å². The molecule has 0 spiro atoms. The second kappa shape index (κ2) is 8.56. The van der Waals surface area contributed by atoms with E-state index in [0.29, 0.717) is 16.7 Å². The van der Waals surface area contributed by atoms with Crippen LogP contribution in [0.25, 0.3) is 22.4 Å². The summed E-state index contributed by atoms with van der Waals surface area (Å²) < 4.78 is 3.68. The van der Waals surface area contributed by atoms with Gasteiger partial charge >= 0.3 is 0 Å². The van der Waals surface area contributed by atoms with Crippen LogP contribution < -0.4 is 4.72 Å². The first-order valence-electron chi connectivity index (χ1n) is 12.2. The van der Waals surface area contributed by atoms with E-state index in [1.54, 1.807) is 11.9 Å². The molecule has 0 saturated heterocycles. The smallest absolute Gasteiger partial charge is 0.134 e. The molecular weight excluding hydrogens is 422 g/mol. The summed E-state index contributed by atoms with van der Waals surface area (Å²) in [5.41, 5.74) is 7.74. The summed E-state index contributed by atoms with van der Waals surface area (Å²) in [5, 5.41) is 10.2. The fourth-order valence-corrected chi connectivity index (χ4v) is 7.07. The Morgan fingerprint density at radius 2 is 1.55 bits per heavy atom. The molecule has 2 aromatic carbocycles.